The van der Waals surface area contributed by atoms with E-state index in [-0.39, 0.29) is 24.0 Å². The van der Waals surface area contributed by atoms with Crippen molar-refractivity contribution in [3.8, 4) is 5.75 Å². The fraction of sp³-hybridized carbons (Fsp3) is 0.515. The summed E-state index contributed by atoms with van der Waals surface area (Å²) in [5, 5.41) is 5.33. The summed E-state index contributed by atoms with van der Waals surface area (Å²) in [6.45, 7) is 6.26. The number of nitrogens with one attached hydrogen (secondary N) is 2. The number of amides is 4. The quantitative estimate of drug-likeness (QED) is 0.124. The summed E-state index contributed by atoms with van der Waals surface area (Å²) in [7, 11) is 0. The first kappa shape index (κ1) is 35.9. The normalized spacial score (nSPS) is 16.0. The molecule has 256 valence electrons. The fourth-order valence-corrected chi connectivity index (χ4v) is 4.86. The average Bonchev–Trinajstić information content (AvgIpc) is 3.33. The smallest absolute Gasteiger partial charge is 0.264 e. The third-order valence-corrected chi connectivity index (χ3v) is 7.13. The van der Waals surface area contributed by atoms with Gasteiger partial charge in [-0.15, -0.1) is 0 Å². The standard InChI is InChI=1S/C33H43N3O11/c37-29-10-9-28(31(38)35-29)36-32(39)26-7-4-8-27(30(26)33(36)40)34-11-12-41-13-14-42-15-16-43-17-18-44-19-20-45-21-22-46-23-24-47-25-5-2-1-3-6-25/h1-8,28,34H,9-24H2,(H,35,37,38). The summed E-state index contributed by atoms with van der Waals surface area (Å²) >= 11 is 0. The third-order valence-electron chi connectivity index (χ3n) is 7.13. The van der Waals surface area contributed by atoms with E-state index in [1.807, 2.05) is 30.3 Å². The van der Waals surface area contributed by atoms with Crippen molar-refractivity contribution in [3.05, 3.63) is 59.7 Å². The predicted octanol–water partition coefficient (Wildman–Crippen LogP) is 1.68. The Labute approximate surface area is 273 Å². The van der Waals surface area contributed by atoms with Gasteiger partial charge in [-0.25, -0.2) is 0 Å². The largest absolute Gasteiger partial charge is 0.491 e. The number of carbonyl (C=O) groups is 4. The molecule has 0 radical (unpaired) electrons. The van der Waals surface area contributed by atoms with Crippen molar-refractivity contribution >= 4 is 29.3 Å². The molecule has 1 saturated heterocycles. The van der Waals surface area contributed by atoms with Gasteiger partial charge in [0.05, 0.1) is 90.4 Å². The van der Waals surface area contributed by atoms with Crippen molar-refractivity contribution < 1.29 is 52.3 Å². The molecule has 0 spiro atoms. The number of ether oxygens (including phenoxy) is 7. The maximum Gasteiger partial charge on any atom is 0.264 e. The van der Waals surface area contributed by atoms with Crippen molar-refractivity contribution in [2.75, 3.05) is 97.8 Å². The highest BCUT2D eigenvalue weighted by molar-refractivity contribution is 6.25. The van der Waals surface area contributed by atoms with Crippen LogP contribution in [-0.4, -0.2) is 127 Å². The number of para-hydroxylation sites is 1. The summed E-state index contributed by atoms with van der Waals surface area (Å²) in [5.41, 5.74) is 0.919. The van der Waals surface area contributed by atoms with Gasteiger partial charge in [-0.05, 0) is 30.7 Å². The molecule has 2 aromatic carbocycles. The number of carbonyl (C=O) groups excluding carboxylic acids is 4. The number of anilines is 1. The summed E-state index contributed by atoms with van der Waals surface area (Å²) in [6, 6.07) is 13.5. The van der Waals surface area contributed by atoms with Gasteiger partial charge in [0, 0.05) is 18.7 Å². The maximum atomic E-state index is 13.1. The molecule has 2 aliphatic rings. The number of hydrogen-bond acceptors (Lipinski definition) is 12. The van der Waals surface area contributed by atoms with E-state index in [0.29, 0.717) is 98.1 Å². The predicted molar refractivity (Wildman–Crippen MR) is 168 cm³/mol. The molecule has 0 aliphatic carbocycles. The van der Waals surface area contributed by atoms with Crippen molar-refractivity contribution in [2.24, 2.45) is 0 Å². The Morgan fingerprint density at radius 2 is 1.19 bits per heavy atom. The minimum Gasteiger partial charge on any atom is -0.491 e. The van der Waals surface area contributed by atoms with Gasteiger partial charge in [-0.1, -0.05) is 24.3 Å². The molecule has 2 aliphatic heterocycles. The highest BCUT2D eigenvalue weighted by Crippen LogP contribution is 2.32. The van der Waals surface area contributed by atoms with Gasteiger partial charge in [-0.2, -0.15) is 0 Å². The first-order valence-corrected chi connectivity index (χ1v) is 15.8. The van der Waals surface area contributed by atoms with Gasteiger partial charge >= 0.3 is 0 Å². The van der Waals surface area contributed by atoms with Gasteiger partial charge < -0.3 is 38.5 Å². The Kier molecular flexibility index (Phi) is 15.6. The van der Waals surface area contributed by atoms with Crippen molar-refractivity contribution in [1.29, 1.82) is 0 Å². The molecule has 0 saturated carbocycles. The molecule has 14 heteroatoms. The van der Waals surface area contributed by atoms with Crippen LogP contribution in [0.1, 0.15) is 33.6 Å². The fourth-order valence-electron chi connectivity index (χ4n) is 4.86. The zero-order chi connectivity index (χ0) is 33.1. The molecule has 0 bridgehead atoms. The van der Waals surface area contributed by atoms with Crippen LogP contribution >= 0.6 is 0 Å². The molecule has 0 aromatic heterocycles. The molecule has 2 N–H and O–H groups in total. The molecule has 47 heavy (non-hydrogen) atoms. The zero-order valence-corrected chi connectivity index (χ0v) is 26.4. The molecule has 2 aromatic rings. The second-order valence-electron chi connectivity index (χ2n) is 10.4. The molecule has 1 atom stereocenters. The van der Waals surface area contributed by atoms with Crippen LogP contribution in [0, 0.1) is 0 Å². The number of imide groups is 2. The minimum absolute atomic E-state index is 0.0695. The van der Waals surface area contributed by atoms with Crippen LogP contribution in [0.15, 0.2) is 48.5 Å². The van der Waals surface area contributed by atoms with Crippen molar-refractivity contribution in [1.82, 2.24) is 10.2 Å². The Bertz CT molecular complexity index is 1290. The molecule has 1 fully saturated rings. The zero-order valence-electron chi connectivity index (χ0n) is 26.4. The van der Waals surface area contributed by atoms with Crippen LogP contribution in [-0.2, 0) is 38.0 Å². The van der Waals surface area contributed by atoms with Crippen LogP contribution in [0.5, 0.6) is 5.75 Å². The summed E-state index contributed by atoms with van der Waals surface area (Å²) < 4.78 is 38.5. The highest BCUT2D eigenvalue weighted by atomic mass is 16.6. The lowest BCUT2D eigenvalue weighted by Crippen LogP contribution is -2.54. The molecule has 14 nitrogen and oxygen atoms in total. The lowest BCUT2D eigenvalue weighted by atomic mass is 10.0. The number of rotatable bonds is 24. The lowest BCUT2D eigenvalue weighted by Gasteiger charge is -2.27. The molecule has 1 unspecified atom stereocenters. The minimum atomic E-state index is -1.01. The summed E-state index contributed by atoms with van der Waals surface area (Å²) in [5.74, 6) is -1.33. The van der Waals surface area contributed by atoms with Gasteiger partial charge in [0.1, 0.15) is 18.4 Å². The van der Waals surface area contributed by atoms with Crippen LogP contribution in [0.3, 0.4) is 0 Å². The van der Waals surface area contributed by atoms with E-state index in [4.69, 9.17) is 33.2 Å². The second kappa shape index (κ2) is 20.3. The Hall–Kier alpha value is -3.92. The first-order valence-electron chi connectivity index (χ1n) is 15.8. The number of fused-ring (bicyclic) bond motifs is 1. The SMILES string of the molecule is O=C1CCC(N2C(=O)c3cccc(NCCOCCOCCOCCOCCOCCOCCOc4ccccc4)c3C2=O)C(=O)N1. The number of hydrogen-bond donors (Lipinski definition) is 2. The van der Waals surface area contributed by atoms with Crippen LogP contribution in [0.2, 0.25) is 0 Å². The van der Waals surface area contributed by atoms with Crippen LogP contribution in [0.4, 0.5) is 5.69 Å². The number of piperidine rings is 1. The molecular weight excluding hydrogens is 614 g/mol. The maximum absolute atomic E-state index is 13.1. The van der Waals surface area contributed by atoms with E-state index in [0.717, 1.165) is 10.6 Å². The molecular formula is C33H43N3O11. The van der Waals surface area contributed by atoms with E-state index in [2.05, 4.69) is 10.6 Å². The van der Waals surface area contributed by atoms with Crippen LogP contribution in [0.25, 0.3) is 0 Å². The van der Waals surface area contributed by atoms with Crippen LogP contribution < -0.4 is 15.4 Å². The Balaban J connectivity index is 0.925. The molecule has 4 amide bonds. The van der Waals surface area contributed by atoms with Crippen molar-refractivity contribution in [2.45, 2.75) is 18.9 Å². The molecule has 4 rings (SSSR count). The van der Waals surface area contributed by atoms with Gasteiger partial charge in [0.2, 0.25) is 11.8 Å². The van der Waals surface area contributed by atoms with E-state index >= 15 is 0 Å². The topological polar surface area (TPSA) is 160 Å². The molecule has 2 heterocycles. The third kappa shape index (κ3) is 11.7. The highest BCUT2D eigenvalue weighted by Gasteiger charge is 2.45. The van der Waals surface area contributed by atoms with E-state index < -0.39 is 29.7 Å². The lowest BCUT2D eigenvalue weighted by molar-refractivity contribution is -0.136. The van der Waals surface area contributed by atoms with Crippen molar-refractivity contribution in [3.63, 3.8) is 0 Å². The van der Waals surface area contributed by atoms with Gasteiger partial charge in [-0.3, -0.25) is 29.4 Å². The number of benzene rings is 2. The van der Waals surface area contributed by atoms with E-state index in [1.165, 1.54) is 0 Å². The van der Waals surface area contributed by atoms with E-state index in [1.54, 1.807) is 18.2 Å². The first-order chi connectivity index (χ1) is 23.1. The Morgan fingerprint density at radius 1 is 0.638 bits per heavy atom. The number of nitrogens with zero attached hydrogens (tertiary/aromatic N) is 1. The average molecular weight is 658 g/mol. The van der Waals surface area contributed by atoms with E-state index in [9.17, 15) is 19.2 Å². The summed E-state index contributed by atoms with van der Waals surface area (Å²) in [4.78, 5) is 50.8. The Morgan fingerprint density at radius 3 is 1.77 bits per heavy atom. The monoisotopic (exact) mass is 657 g/mol. The van der Waals surface area contributed by atoms with Gasteiger partial charge in [0.25, 0.3) is 11.8 Å². The van der Waals surface area contributed by atoms with Gasteiger partial charge in [0.15, 0.2) is 0 Å². The summed E-state index contributed by atoms with van der Waals surface area (Å²) in [6.07, 6.45) is 0.177. The second-order valence-corrected chi connectivity index (χ2v) is 10.4.